The monoisotopic (exact) mass is 413 g/mol. The summed E-state index contributed by atoms with van der Waals surface area (Å²) < 4.78 is 19.1. The Labute approximate surface area is 175 Å². The molecule has 30 heavy (non-hydrogen) atoms. The Balaban J connectivity index is 1.86. The van der Waals surface area contributed by atoms with Crippen LogP contribution in [0.1, 0.15) is 53.7 Å². The molecule has 2 aliphatic heterocycles. The number of pyridine rings is 1. The fourth-order valence-corrected chi connectivity index (χ4v) is 4.68. The van der Waals surface area contributed by atoms with Gasteiger partial charge in [0.1, 0.15) is 11.3 Å². The number of aromatic carboxylic acids is 1. The summed E-state index contributed by atoms with van der Waals surface area (Å²) in [5.41, 5.74) is 2.45. The van der Waals surface area contributed by atoms with Crippen molar-refractivity contribution in [1.82, 2.24) is 4.57 Å². The van der Waals surface area contributed by atoms with Crippen molar-refractivity contribution in [3.63, 3.8) is 0 Å². The molecule has 3 heterocycles. The Bertz CT molecular complexity index is 1050. The summed E-state index contributed by atoms with van der Waals surface area (Å²) in [4.78, 5) is 24.1. The van der Waals surface area contributed by atoms with Crippen molar-refractivity contribution in [2.75, 3.05) is 26.9 Å². The fraction of sp³-hybridized carbons (Fsp3) is 0.478. The molecule has 1 N–H and O–H groups in total. The SMILES string of the molecule is COCCCOc1cc2c(cc1C)-c1cc(=O)c(C(=O)O)cn1C1[C@@H]2COC1(C)C. The summed E-state index contributed by atoms with van der Waals surface area (Å²) in [7, 11) is 1.67. The molecule has 160 valence electrons. The van der Waals surface area contributed by atoms with E-state index in [2.05, 4.69) is 6.07 Å². The van der Waals surface area contributed by atoms with E-state index >= 15 is 0 Å². The largest absolute Gasteiger partial charge is 0.493 e. The molecule has 2 aliphatic rings. The number of hydrogen-bond acceptors (Lipinski definition) is 5. The number of rotatable bonds is 6. The number of aromatic nitrogens is 1. The minimum Gasteiger partial charge on any atom is -0.493 e. The second-order valence-corrected chi connectivity index (χ2v) is 8.51. The molecule has 0 saturated carbocycles. The first kappa shape index (κ1) is 20.6. The summed E-state index contributed by atoms with van der Waals surface area (Å²) in [5.74, 6) is -0.370. The minimum absolute atomic E-state index is 0.0357. The first-order valence-electron chi connectivity index (χ1n) is 10.1. The molecule has 0 amide bonds. The van der Waals surface area contributed by atoms with E-state index < -0.39 is 17.0 Å². The Hall–Kier alpha value is -2.64. The van der Waals surface area contributed by atoms with Crippen LogP contribution >= 0.6 is 0 Å². The van der Waals surface area contributed by atoms with Crippen LogP contribution in [-0.2, 0) is 9.47 Å². The van der Waals surface area contributed by atoms with Crippen LogP contribution in [0.15, 0.2) is 29.2 Å². The van der Waals surface area contributed by atoms with E-state index in [1.54, 1.807) is 7.11 Å². The number of carbonyl (C=O) groups is 1. The zero-order valence-corrected chi connectivity index (χ0v) is 17.7. The molecule has 7 heteroatoms. The number of hydrogen-bond donors (Lipinski definition) is 1. The summed E-state index contributed by atoms with van der Waals surface area (Å²) in [5, 5.41) is 9.46. The van der Waals surface area contributed by atoms with Crippen molar-refractivity contribution in [3.8, 4) is 17.0 Å². The minimum atomic E-state index is -1.22. The molecule has 0 aliphatic carbocycles. The molecule has 1 saturated heterocycles. The topological polar surface area (TPSA) is 87.0 Å². The van der Waals surface area contributed by atoms with Gasteiger partial charge in [-0.2, -0.15) is 0 Å². The van der Waals surface area contributed by atoms with Crippen LogP contribution in [0, 0.1) is 6.92 Å². The van der Waals surface area contributed by atoms with Crippen molar-refractivity contribution in [3.05, 3.63) is 51.3 Å². The van der Waals surface area contributed by atoms with Crippen molar-refractivity contribution < 1.29 is 24.1 Å². The normalized spacial score (nSPS) is 20.9. The second-order valence-electron chi connectivity index (χ2n) is 8.51. The van der Waals surface area contributed by atoms with Gasteiger partial charge in [-0.15, -0.1) is 0 Å². The van der Waals surface area contributed by atoms with Crippen molar-refractivity contribution in [2.24, 2.45) is 0 Å². The van der Waals surface area contributed by atoms with E-state index in [0.717, 1.165) is 28.9 Å². The van der Waals surface area contributed by atoms with Crippen molar-refractivity contribution in [2.45, 2.75) is 44.8 Å². The van der Waals surface area contributed by atoms with Crippen LogP contribution < -0.4 is 10.2 Å². The molecule has 2 atom stereocenters. The van der Waals surface area contributed by atoms with Gasteiger partial charge in [0, 0.05) is 43.9 Å². The number of carboxylic acid groups (broad SMARTS) is 1. The quantitative estimate of drug-likeness (QED) is 0.731. The van der Waals surface area contributed by atoms with Gasteiger partial charge in [0.25, 0.3) is 0 Å². The van der Waals surface area contributed by atoms with Gasteiger partial charge in [-0.1, -0.05) is 0 Å². The lowest BCUT2D eigenvalue weighted by atomic mass is 9.78. The smallest absolute Gasteiger partial charge is 0.341 e. The van der Waals surface area contributed by atoms with E-state index in [0.29, 0.717) is 25.5 Å². The molecule has 4 rings (SSSR count). The average Bonchev–Trinajstić information content (AvgIpc) is 3.01. The molecule has 1 aromatic carbocycles. The van der Waals surface area contributed by atoms with Crippen molar-refractivity contribution >= 4 is 5.97 Å². The first-order chi connectivity index (χ1) is 14.2. The van der Waals surface area contributed by atoms with Gasteiger partial charge in [0.05, 0.1) is 30.6 Å². The number of fused-ring (bicyclic) bond motifs is 6. The van der Waals surface area contributed by atoms with E-state index in [1.165, 1.54) is 12.3 Å². The van der Waals surface area contributed by atoms with Gasteiger partial charge in [-0.3, -0.25) is 4.79 Å². The number of benzene rings is 1. The second kappa shape index (κ2) is 7.56. The average molecular weight is 413 g/mol. The van der Waals surface area contributed by atoms with Gasteiger partial charge in [0.2, 0.25) is 0 Å². The van der Waals surface area contributed by atoms with Crippen LogP contribution in [0.4, 0.5) is 0 Å². The molecule has 0 bridgehead atoms. The van der Waals surface area contributed by atoms with Crippen molar-refractivity contribution in [1.29, 1.82) is 0 Å². The first-order valence-corrected chi connectivity index (χ1v) is 10.1. The molecule has 1 unspecified atom stereocenters. The predicted octanol–water partition coefficient (Wildman–Crippen LogP) is 3.38. The lowest BCUT2D eigenvalue weighted by Gasteiger charge is -2.38. The maximum Gasteiger partial charge on any atom is 0.341 e. The van der Waals surface area contributed by atoms with Crippen LogP contribution in [0.2, 0.25) is 0 Å². The highest BCUT2D eigenvalue weighted by Crippen LogP contribution is 2.53. The standard InChI is InChI=1S/C23H27NO6/c1-13-8-15-14(9-20(13)29-7-5-6-28-4)17-12-30-23(2,3)21(17)24-11-16(22(26)27)19(25)10-18(15)24/h8-11,17,21H,5-7,12H2,1-4H3,(H,26,27)/t17-,21?/m1/s1. The number of ether oxygens (including phenoxy) is 3. The molecular weight excluding hydrogens is 386 g/mol. The van der Waals surface area contributed by atoms with Gasteiger partial charge in [-0.05, 0) is 44.0 Å². The van der Waals surface area contributed by atoms with Crippen LogP contribution in [-0.4, -0.2) is 48.2 Å². The van der Waals surface area contributed by atoms with Gasteiger partial charge < -0.3 is 23.9 Å². The third kappa shape index (κ3) is 3.32. The highest BCUT2D eigenvalue weighted by atomic mass is 16.5. The zero-order chi connectivity index (χ0) is 21.6. The van der Waals surface area contributed by atoms with Crippen LogP contribution in [0.3, 0.4) is 0 Å². The number of carboxylic acids is 1. The number of aryl methyl sites for hydroxylation is 1. The van der Waals surface area contributed by atoms with Crippen LogP contribution in [0.5, 0.6) is 5.75 Å². The fourth-order valence-electron chi connectivity index (χ4n) is 4.68. The summed E-state index contributed by atoms with van der Waals surface area (Å²) in [6, 6.07) is 5.39. The molecule has 7 nitrogen and oxygen atoms in total. The summed E-state index contributed by atoms with van der Waals surface area (Å²) in [6.07, 6.45) is 2.27. The molecular formula is C23H27NO6. The third-order valence-corrected chi connectivity index (χ3v) is 6.11. The Morgan fingerprint density at radius 3 is 2.77 bits per heavy atom. The maximum absolute atomic E-state index is 12.5. The van der Waals surface area contributed by atoms with E-state index in [-0.39, 0.29) is 17.5 Å². The Kier molecular flexibility index (Phi) is 5.20. The molecule has 0 radical (unpaired) electrons. The molecule has 2 aromatic rings. The molecule has 1 fully saturated rings. The van der Waals surface area contributed by atoms with E-state index in [1.807, 2.05) is 31.4 Å². The lowest BCUT2D eigenvalue weighted by molar-refractivity contribution is 0.0145. The van der Waals surface area contributed by atoms with E-state index in [4.69, 9.17) is 14.2 Å². The number of methoxy groups -OCH3 is 1. The summed E-state index contributed by atoms with van der Waals surface area (Å²) >= 11 is 0. The Morgan fingerprint density at radius 2 is 2.07 bits per heavy atom. The zero-order valence-electron chi connectivity index (χ0n) is 17.7. The highest BCUT2D eigenvalue weighted by molar-refractivity contribution is 5.88. The predicted molar refractivity (Wildman–Crippen MR) is 112 cm³/mol. The van der Waals surface area contributed by atoms with Gasteiger partial charge in [-0.25, -0.2) is 4.79 Å². The van der Waals surface area contributed by atoms with E-state index in [9.17, 15) is 14.7 Å². The number of nitrogens with zero attached hydrogens (tertiary/aromatic N) is 1. The summed E-state index contributed by atoms with van der Waals surface area (Å²) in [6.45, 7) is 7.69. The molecule has 0 spiro atoms. The maximum atomic E-state index is 12.5. The van der Waals surface area contributed by atoms with Gasteiger partial charge in [0.15, 0.2) is 5.43 Å². The Morgan fingerprint density at radius 1 is 1.30 bits per heavy atom. The third-order valence-electron chi connectivity index (χ3n) is 6.11. The van der Waals surface area contributed by atoms with Gasteiger partial charge >= 0.3 is 5.97 Å². The van der Waals surface area contributed by atoms with Crippen LogP contribution in [0.25, 0.3) is 11.3 Å². The highest BCUT2D eigenvalue weighted by Gasteiger charge is 2.49. The molecule has 1 aromatic heterocycles. The lowest BCUT2D eigenvalue weighted by Crippen LogP contribution is -2.36.